The van der Waals surface area contributed by atoms with Crippen LogP contribution in [0, 0.1) is 0 Å². The number of rotatable bonds is 7. The lowest BCUT2D eigenvalue weighted by molar-refractivity contribution is 0.414. The molecule has 0 radical (unpaired) electrons. The summed E-state index contributed by atoms with van der Waals surface area (Å²) in [6.07, 6.45) is 2.05. The minimum atomic E-state index is 0. The van der Waals surface area contributed by atoms with Crippen molar-refractivity contribution in [1.29, 1.82) is 0 Å². The second-order valence-corrected chi connectivity index (χ2v) is 5.01. The van der Waals surface area contributed by atoms with Crippen molar-refractivity contribution in [2.45, 2.75) is 39.7 Å². The quantitative estimate of drug-likeness (QED) is 0.317. The maximum Gasteiger partial charge on any atom is 0.191 e. The highest BCUT2D eigenvalue weighted by atomic mass is 127. The number of benzene rings is 1. The van der Waals surface area contributed by atoms with Gasteiger partial charge in [0.1, 0.15) is 5.75 Å². The van der Waals surface area contributed by atoms with E-state index >= 15 is 0 Å². The first-order valence-corrected chi connectivity index (χ1v) is 7.33. The van der Waals surface area contributed by atoms with E-state index < -0.39 is 0 Å². The Kier molecular flexibility index (Phi) is 11.1. The molecule has 0 bridgehead atoms. The van der Waals surface area contributed by atoms with Gasteiger partial charge in [-0.3, -0.25) is 4.99 Å². The van der Waals surface area contributed by atoms with Crippen molar-refractivity contribution < 1.29 is 4.74 Å². The van der Waals surface area contributed by atoms with Gasteiger partial charge in [0.15, 0.2) is 5.96 Å². The van der Waals surface area contributed by atoms with Gasteiger partial charge in [0.05, 0.1) is 7.11 Å². The first-order valence-electron chi connectivity index (χ1n) is 7.33. The molecule has 1 aromatic carbocycles. The standard InChI is InChI=1S/C16H27N3O.HI/c1-5-17-16(19-13(2)3)18-11-7-9-14-8-6-10-15(12-14)20-4;/h6,8,10,12-13H,5,7,9,11H2,1-4H3,(H2,17,18,19);1H. The number of halogens is 1. The fourth-order valence-electron chi connectivity index (χ4n) is 1.90. The van der Waals surface area contributed by atoms with Crippen molar-refractivity contribution in [2.24, 2.45) is 4.99 Å². The van der Waals surface area contributed by atoms with E-state index in [2.05, 4.69) is 48.5 Å². The second kappa shape index (κ2) is 11.7. The Bertz CT molecular complexity index is 422. The molecular formula is C16H28IN3O. The summed E-state index contributed by atoms with van der Waals surface area (Å²) in [6.45, 7) is 8.01. The molecule has 0 atom stereocenters. The zero-order chi connectivity index (χ0) is 14.8. The van der Waals surface area contributed by atoms with Crippen LogP contribution in [0.5, 0.6) is 5.75 Å². The third-order valence-corrected chi connectivity index (χ3v) is 2.80. The number of aliphatic imine (C=N–C) groups is 1. The second-order valence-electron chi connectivity index (χ2n) is 5.01. The Morgan fingerprint density at radius 2 is 2.10 bits per heavy atom. The molecule has 0 unspecified atom stereocenters. The highest BCUT2D eigenvalue weighted by Crippen LogP contribution is 2.13. The highest BCUT2D eigenvalue weighted by Gasteiger charge is 1.99. The van der Waals surface area contributed by atoms with Crippen molar-refractivity contribution in [3.63, 3.8) is 0 Å². The van der Waals surface area contributed by atoms with Crippen molar-refractivity contribution in [3.05, 3.63) is 29.8 Å². The number of aryl methyl sites for hydroxylation is 1. The van der Waals surface area contributed by atoms with Crippen molar-refractivity contribution in [3.8, 4) is 5.75 Å². The molecule has 1 aromatic rings. The highest BCUT2D eigenvalue weighted by molar-refractivity contribution is 14.0. The lowest BCUT2D eigenvalue weighted by Crippen LogP contribution is -2.41. The Balaban J connectivity index is 0.00000400. The summed E-state index contributed by atoms with van der Waals surface area (Å²) >= 11 is 0. The van der Waals surface area contributed by atoms with E-state index in [-0.39, 0.29) is 24.0 Å². The van der Waals surface area contributed by atoms with E-state index in [0.29, 0.717) is 6.04 Å². The number of guanidine groups is 1. The first kappa shape index (κ1) is 20.0. The van der Waals surface area contributed by atoms with E-state index in [9.17, 15) is 0 Å². The molecule has 0 saturated carbocycles. The van der Waals surface area contributed by atoms with Crippen LogP contribution in [-0.4, -0.2) is 32.2 Å². The third kappa shape index (κ3) is 8.80. The van der Waals surface area contributed by atoms with E-state index in [1.54, 1.807) is 7.11 Å². The number of hydrogen-bond acceptors (Lipinski definition) is 2. The third-order valence-electron chi connectivity index (χ3n) is 2.80. The van der Waals surface area contributed by atoms with Gasteiger partial charge < -0.3 is 15.4 Å². The number of ether oxygens (including phenoxy) is 1. The molecule has 0 aromatic heterocycles. The molecule has 1 rings (SSSR count). The summed E-state index contributed by atoms with van der Waals surface area (Å²) in [4.78, 5) is 4.57. The largest absolute Gasteiger partial charge is 0.497 e. The summed E-state index contributed by atoms with van der Waals surface area (Å²) < 4.78 is 5.23. The molecule has 0 fully saturated rings. The molecule has 5 heteroatoms. The van der Waals surface area contributed by atoms with Crippen molar-refractivity contribution in [2.75, 3.05) is 20.2 Å². The molecule has 0 aliphatic rings. The van der Waals surface area contributed by atoms with Crippen LogP contribution in [0.15, 0.2) is 29.3 Å². The zero-order valence-corrected chi connectivity index (χ0v) is 15.8. The van der Waals surface area contributed by atoms with Gasteiger partial charge >= 0.3 is 0 Å². The lowest BCUT2D eigenvalue weighted by atomic mass is 10.1. The van der Waals surface area contributed by atoms with E-state index in [0.717, 1.165) is 37.6 Å². The van der Waals surface area contributed by atoms with E-state index in [1.165, 1.54) is 5.56 Å². The zero-order valence-electron chi connectivity index (χ0n) is 13.5. The molecule has 0 saturated heterocycles. The maximum atomic E-state index is 5.23. The predicted molar refractivity (Wildman–Crippen MR) is 101 cm³/mol. The topological polar surface area (TPSA) is 45.7 Å². The summed E-state index contributed by atoms with van der Waals surface area (Å²) in [5.41, 5.74) is 1.29. The molecule has 0 aliphatic heterocycles. The van der Waals surface area contributed by atoms with Crippen LogP contribution in [0.4, 0.5) is 0 Å². The van der Waals surface area contributed by atoms with E-state index in [1.807, 2.05) is 12.1 Å². The van der Waals surface area contributed by atoms with E-state index in [4.69, 9.17) is 4.74 Å². The van der Waals surface area contributed by atoms with Crippen LogP contribution in [-0.2, 0) is 6.42 Å². The molecule has 2 N–H and O–H groups in total. The van der Waals surface area contributed by atoms with Gasteiger partial charge in [0.25, 0.3) is 0 Å². The van der Waals surface area contributed by atoms with Gasteiger partial charge in [-0.1, -0.05) is 12.1 Å². The SMILES string of the molecule is CCNC(=NCCCc1cccc(OC)c1)NC(C)C.I. The van der Waals surface area contributed by atoms with Crippen molar-refractivity contribution >= 4 is 29.9 Å². The van der Waals surface area contributed by atoms with Gasteiger partial charge in [-0.05, 0) is 51.3 Å². The predicted octanol–water partition coefficient (Wildman–Crippen LogP) is 3.21. The number of nitrogens with zero attached hydrogens (tertiary/aromatic N) is 1. The van der Waals surface area contributed by atoms with Gasteiger partial charge in [-0.25, -0.2) is 0 Å². The number of hydrogen-bond donors (Lipinski definition) is 2. The van der Waals surface area contributed by atoms with Crippen LogP contribution in [0.1, 0.15) is 32.8 Å². The van der Waals surface area contributed by atoms with Gasteiger partial charge in [-0.2, -0.15) is 0 Å². The molecule has 0 heterocycles. The molecule has 0 spiro atoms. The van der Waals surface area contributed by atoms with Crippen LogP contribution in [0.3, 0.4) is 0 Å². The number of methoxy groups -OCH3 is 1. The Morgan fingerprint density at radius 1 is 1.33 bits per heavy atom. The average Bonchev–Trinajstić information content (AvgIpc) is 2.43. The molecule has 21 heavy (non-hydrogen) atoms. The first-order chi connectivity index (χ1) is 9.65. The van der Waals surface area contributed by atoms with Crippen LogP contribution in [0.25, 0.3) is 0 Å². The Hall–Kier alpha value is -0.980. The van der Waals surface area contributed by atoms with Crippen LogP contribution in [0.2, 0.25) is 0 Å². The Labute approximate surface area is 145 Å². The normalized spacial score (nSPS) is 11.0. The molecule has 0 amide bonds. The molecule has 0 aliphatic carbocycles. The minimum Gasteiger partial charge on any atom is -0.497 e. The van der Waals surface area contributed by atoms with Crippen LogP contribution < -0.4 is 15.4 Å². The van der Waals surface area contributed by atoms with Gasteiger partial charge in [0, 0.05) is 19.1 Å². The molecular weight excluding hydrogens is 377 g/mol. The maximum absolute atomic E-state index is 5.23. The average molecular weight is 405 g/mol. The number of nitrogens with one attached hydrogen (secondary N) is 2. The summed E-state index contributed by atoms with van der Waals surface area (Å²) in [7, 11) is 1.70. The van der Waals surface area contributed by atoms with Crippen LogP contribution >= 0.6 is 24.0 Å². The Morgan fingerprint density at radius 3 is 2.71 bits per heavy atom. The fraction of sp³-hybridized carbons (Fsp3) is 0.562. The van der Waals surface area contributed by atoms with Gasteiger partial charge in [-0.15, -0.1) is 24.0 Å². The summed E-state index contributed by atoms with van der Waals surface area (Å²) in [5, 5.41) is 6.57. The lowest BCUT2D eigenvalue weighted by Gasteiger charge is -2.13. The minimum absolute atomic E-state index is 0. The smallest absolute Gasteiger partial charge is 0.191 e. The fourth-order valence-corrected chi connectivity index (χ4v) is 1.90. The van der Waals surface area contributed by atoms with Crippen molar-refractivity contribution in [1.82, 2.24) is 10.6 Å². The summed E-state index contributed by atoms with van der Waals surface area (Å²) in [6, 6.07) is 8.61. The summed E-state index contributed by atoms with van der Waals surface area (Å²) in [5.74, 6) is 1.81. The van der Waals surface area contributed by atoms with Gasteiger partial charge in [0.2, 0.25) is 0 Å². The molecule has 4 nitrogen and oxygen atoms in total. The monoisotopic (exact) mass is 405 g/mol. The molecule has 120 valence electrons.